The quantitative estimate of drug-likeness (QED) is 0.411. The van der Waals surface area contributed by atoms with Gasteiger partial charge < -0.3 is 19.1 Å². The highest BCUT2D eigenvalue weighted by atomic mass is 35.5. The summed E-state index contributed by atoms with van der Waals surface area (Å²) >= 11 is 7.59. The van der Waals surface area contributed by atoms with Gasteiger partial charge in [0, 0.05) is 23.7 Å². The molecule has 172 valence electrons. The first-order chi connectivity index (χ1) is 15.4. The maximum absolute atomic E-state index is 13.7. The van der Waals surface area contributed by atoms with Crippen LogP contribution in [-0.2, 0) is 0 Å². The zero-order chi connectivity index (χ0) is 23.3. The highest BCUT2D eigenvalue weighted by molar-refractivity contribution is 7.22. The van der Waals surface area contributed by atoms with Crippen molar-refractivity contribution in [3.05, 3.63) is 40.9 Å². The van der Waals surface area contributed by atoms with Gasteiger partial charge in [-0.15, -0.1) is 0 Å². The topological polar surface area (TPSA) is 64.1 Å². The van der Waals surface area contributed by atoms with Crippen molar-refractivity contribution in [3.8, 4) is 17.2 Å². The third-order valence-corrected chi connectivity index (χ3v) is 6.54. The van der Waals surface area contributed by atoms with Gasteiger partial charge in [-0.3, -0.25) is 9.69 Å². The van der Waals surface area contributed by atoms with Gasteiger partial charge in [0.05, 0.1) is 31.5 Å². The smallest absolute Gasteiger partial charge is 0.260 e. The van der Waals surface area contributed by atoms with Crippen LogP contribution in [0.2, 0.25) is 5.02 Å². The summed E-state index contributed by atoms with van der Waals surface area (Å²) in [5.41, 5.74) is 1.23. The molecule has 3 rings (SSSR count). The predicted octanol–water partition coefficient (Wildman–Crippen LogP) is 4.96. The highest BCUT2D eigenvalue weighted by Crippen LogP contribution is 2.39. The van der Waals surface area contributed by atoms with Gasteiger partial charge in [-0.2, -0.15) is 0 Å². The lowest BCUT2D eigenvalue weighted by Gasteiger charge is -2.25. The molecule has 9 heteroatoms. The van der Waals surface area contributed by atoms with Crippen molar-refractivity contribution in [2.45, 2.75) is 13.8 Å². The summed E-state index contributed by atoms with van der Waals surface area (Å²) in [7, 11) is 4.59. The molecule has 0 bridgehead atoms. The van der Waals surface area contributed by atoms with E-state index in [1.807, 2.05) is 12.1 Å². The Morgan fingerprint density at radius 2 is 1.66 bits per heavy atom. The second-order valence-corrected chi connectivity index (χ2v) is 8.45. The van der Waals surface area contributed by atoms with Gasteiger partial charge in [0.25, 0.3) is 5.91 Å². The van der Waals surface area contributed by atoms with E-state index in [1.54, 1.807) is 23.1 Å². The molecule has 2 aromatic carbocycles. The van der Waals surface area contributed by atoms with E-state index in [9.17, 15) is 4.79 Å². The zero-order valence-electron chi connectivity index (χ0n) is 19.0. The molecule has 0 aliphatic heterocycles. The van der Waals surface area contributed by atoms with Crippen LogP contribution in [0.3, 0.4) is 0 Å². The standard InChI is InChI=1S/C23H28ClN3O4S/c1-6-26(7-2)10-11-27(23-25-17-9-8-16(24)14-20(17)32-23)22(28)15-12-18(29-3)21(31-5)19(13-15)30-4/h8-9,12-14H,6-7,10-11H2,1-5H3. The van der Waals surface area contributed by atoms with E-state index in [-0.39, 0.29) is 5.91 Å². The third kappa shape index (κ3) is 5.09. The number of methoxy groups -OCH3 is 3. The SMILES string of the molecule is CCN(CC)CCN(C(=O)c1cc(OC)c(OC)c(OC)c1)c1nc2ccc(Cl)cc2s1. The lowest BCUT2D eigenvalue weighted by atomic mass is 10.1. The van der Waals surface area contributed by atoms with Gasteiger partial charge in [0.2, 0.25) is 5.75 Å². The number of rotatable bonds is 10. The van der Waals surface area contributed by atoms with E-state index in [0.29, 0.717) is 39.5 Å². The second-order valence-electron chi connectivity index (χ2n) is 7.01. The normalized spacial score (nSPS) is 11.1. The van der Waals surface area contributed by atoms with Crippen molar-refractivity contribution < 1.29 is 19.0 Å². The minimum Gasteiger partial charge on any atom is -0.493 e. The minimum absolute atomic E-state index is 0.193. The maximum Gasteiger partial charge on any atom is 0.260 e. The van der Waals surface area contributed by atoms with Gasteiger partial charge in [-0.1, -0.05) is 36.8 Å². The highest BCUT2D eigenvalue weighted by Gasteiger charge is 2.25. The molecule has 3 aromatic rings. The number of nitrogens with zero attached hydrogens (tertiary/aromatic N) is 3. The molecule has 32 heavy (non-hydrogen) atoms. The molecule has 0 aliphatic rings. The molecular weight excluding hydrogens is 450 g/mol. The minimum atomic E-state index is -0.193. The Hall–Kier alpha value is -2.55. The molecule has 0 atom stereocenters. The van der Waals surface area contributed by atoms with Crippen LogP contribution in [0, 0.1) is 0 Å². The van der Waals surface area contributed by atoms with Gasteiger partial charge in [0.15, 0.2) is 16.6 Å². The number of likely N-dealkylation sites (N-methyl/N-ethyl adjacent to an activating group) is 1. The predicted molar refractivity (Wildman–Crippen MR) is 130 cm³/mol. The van der Waals surface area contributed by atoms with Crippen LogP contribution in [0.15, 0.2) is 30.3 Å². The Labute approximate surface area is 197 Å². The van der Waals surface area contributed by atoms with Gasteiger partial charge >= 0.3 is 0 Å². The van der Waals surface area contributed by atoms with Crippen LogP contribution in [-0.4, -0.2) is 63.3 Å². The number of anilines is 1. The van der Waals surface area contributed by atoms with E-state index in [2.05, 4.69) is 18.7 Å². The lowest BCUT2D eigenvalue weighted by molar-refractivity contribution is 0.0983. The molecule has 0 radical (unpaired) electrons. The van der Waals surface area contributed by atoms with E-state index < -0.39 is 0 Å². The molecule has 0 unspecified atom stereocenters. The molecule has 1 aromatic heterocycles. The monoisotopic (exact) mass is 477 g/mol. The maximum atomic E-state index is 13.7. The molecular formula is C23H28ClN3O4S. The first kappa shape index (κ1) is 24.1. The molecule has 1 heterocycles. The second kappa shape index (κ2) is 10.8. The van der Waals surface area contributed by atoms with Crippen molar-refractivity contribution in [1.29, 1.82) is 0 Å². The van der Waals surface area contributed by atoms with Crippen LogP contribution < -0.4 is 19.1 Å². The van der Waals surface area contributed by atoms with E-state index in [1.165, 1.54) is 32.7 Å². The van der Waals surface area contributed by atoms with Crippen LogP contribution in [0.25, 0.3) is 10.2 Å². The van der Waals surface area contributed by atoms with Crippen LogP contribution >= 0.6 is 22.9 Å². The number of hydrogen-bond donors (Lipinski definition) is 0. The van der Waals surface area contributed by atoms with Crippen LogP contribution in [0.5, 0.6) is 17.2 Å². The van der Waals surface area contributed by atoms with Crippen LogP contribution in [0.4, 0.5) is 5.13 Å². The number of amides is 1. The molecule has 0 aliphatic carbocycles. The number of hydrogen-bond acceptors (Lipinski definition) is 7. The fourth-order valence-electron chi connectivity index (χ4n) is 3.43. The summed E-state index contributed by atoms with van der Waals surface area (Å²) in [6, 6.07) is 8.86. The Morgan fingerprint density at radius 1 is 1.00 bits per heavy atom. The molecule has 0 saturated carbocycles. The Kier molecular flexibility index (Phi) is 8.17. The summed E-state index contributed by atoms with van der Waals surface area (Å²) in [5.74, 6) is 1.10. The summed E-state index contributed by atoms with van der Waals surface area (Å²) in [4.78, 5) is 22.4. The number of benzene rings is 2. The van der Waals surface area contributed by atoms with Crippen molar-refractivity contribution in [2.75, 3.05) is 52.4 Å². The number of aromatic nitrogens is 1. The summed E-state index contributed by atoms with van der Waals surface area (Å²) in [5, 5.41) is 1.26. The summed E-state index contributed by atoms with van der Waals surface area (Å²) in [6.45, 7) is 7.23. The van der Waals surface area contributed by atoms with Gasteiger partial charge in [-0.05, 0) is 43.4 Å². The number of carbonyl (C=O) groups is 1. The Balaban J connectivity index is 2.04. The molecule has 0 fully saturated rings. The van der Waals surface area contributed by atoms with E-state index in [0.717, 1.165) is 29.9 Å². The van der Waals surface area contributed by atoms with Crippen LogP contribution in [0.1, 0.15) is 24.2 Å². The fraction of sp³-hybridized carbons (Fsp3) is 0.391. The number of fused-ring (bicyclic) bond motifs is 1. The average molecular weight is 478 g/mol. The first-order valence-electron chi connectivity index (χ1n) is 10.4. The number of ether oxygens (including phenoxy) is 3. The Bertz CT molecular complexity index is 1060. The third-order valence-electron chi connectivity index (χ3n) is 5.26. The molecule has 1 amide bonds. The fourth-order valence-corrected chi connectivity index (χ4v) is 4.69. The van der Waals surface area contributed by atoms with E-state index in [4.69, 9.17) is 30.8 Å². The van der Waals surface area contributed by atoms with Crippen molar-refractivity contribution in [1.82, 2.24) is 9.88 Å². The number of thiazole rings is 1. The Morgan fingerprint density at radius 3 is 2.22 bits per heavy atom. The first-order valence-corrected chi connectivity index (χ1v) is 11.5. The van der Waals surface area contributed by atoms with Gasteiger partial charge in [0.1, 0.15) is 0 Å². The lowest BCUT2D eigenvalue weighted by Crippen LogP contribution is -2.38. The average Bonchev–Trinajstić information content (AvgIpc) is 3.23. The number of halogens is 1. The van der Waals surface area contributed by atoms with Gasteiger partial charge in [-0.25, -0.2) is 4.98 Å². The zero-order valence-corrected chi connectivity index (χ0v) is 20.5. The van der Waals surface area contributed by atoms with E-state index >= 15 is 0 Å². The summed E-state index contributed by atoms with van der Waals surface area (Å²) in [6.07, 6.45) is 0. The molecule has 7 nitrogen and oxygen atoms in total. The molecule has 0 saturated heterocycles. The molecule has 0 N–H and O–H groups in total. The van der Waals surface area contributed by atoms with Crippen molar-refractivity contribution in [3.63, 3.8) is 0 Å². The summed E-state index contributed by atoms with van der Waals surface area (Å²) < 4.78 is 17.2. The van der Waals surface area contributed by atoms with Crippen molar-refractivity contribution >= 4 is 44.2 Å². The van der Waals surface area contributed by atoms with Crippen molar-refractivity contribution in [2.24, 2.45) is 0 Å². The molecule has 0 spiro atoms. The number of carbonyl (C=O) groups excluding carboxylic acids is 1. The largest absolute Gasteiger partial charge is 0.493 e.